The molecule has 0 amide bonds. The van der Waals surface area contributed by atoms with Crippen LogP contribution in [0.5, 0.6) is 5.75 Å². The molecular weight excluding hydrogens is 338 g/mol. The summed E-state index contributed by atoms with van der Waals surface area (Å²) in [7, 11) is 4.10. The fraction of sp³-hybridized carbons (Fsp3) is 0.350. The molecule has 0 heterocycles. The van der Waals surface area contributed by atoms with Crippen LogP contribution in [0, 0.1) is 0 Å². The Balaban J connectivity index is 0.00000312. The van der Waals surface area contributed by atoms with E-state index in [9.17, 15) is 4.79 Å². The molecule has 0 fully saturated rings. The number of benzene rings is 2. The van der Waals surface area contributed by atoms with Gasteiger partial charge in [-0.25, -0.2) is 0 Å². The van der Waals surface area contributed by atoms with E-state index in [1.165, 1.54) is 6.92 Å². The molecule has 0 aliphatic carbocycles. The Morgan fingerprint density at radius 2 is 1.68 bits per heavy atom. The van der Waals surface area contributed by atoms with Crippen LogP contribution in [0.3, 0.4) is 0 Å². The SMILES string of the molecule is CC(=O)OCc1ccccc1OC(CCN(C)C)c1ccccc1.Cl. The first kappa shape index (κ1) is 21.0. The molecule has 0 saturated heterocycles. The Morgan fingerprint density at radius 3 is 2.32 bits per heavy atom. The van der Waals surface area contributed by atoms with Gasteiger partial charge in [0.1, 0.15) is 18.5 Å². The second kappa shape index (κ2) is 10.7. The topological polar surface area (TPSA) is 38.8 Å². The van der Waals surface area contributed by atoms with Gasteiger partial charge in [0.25, 0.3) is 0 Å². The number of carbonyl (C=O) groups excluding carboxylic acids is 1. The lowest BCUT2D eigenvalue weighted by molar-refractivity contribution is -0.142. The average Bonchev–Trinajstić information content (AvgIpc) is 2.58. The number of esters is 1. The van der Waals surface area contributed by atoms with E-state index in [-0.39, 0.29) is 31.1 Å². The molecule has 0 aliphatic rings. The molecule has 0 saturated carbocycles. The van der Waals surface area contributed by atoms with E-state index in [4.69, 9.17) is 9.47 Å². The normalized spacial score (nSPS) is 11.5. The van der Waals surface area contributed by atoms with Crippen molar-refractivity contribution in [2.45, 2.75) is 26.1 Å². The number of carbonyl (C=O) groups is 1. The minimum Gasteiger partial charge on any atom is -0.485 e. The van der Waals surface area contributed by atoms with E-state index in [2.05, 4.69) is 31.1 Å². The van der Waals surface area contributed by atoms with E-state index in [1.807, 2.05) is 42.5 Å². The lowest BCUT2D eigenvalue weighted by Gasteiger charge is -2.23. The van der Waals surface area contributed by atoms with Gasteiger partial charge >= 0.3 is 5.97 Å². The van der Waals surface area contributed by atoms with E-state index >= 15 is 0 Å². The number of ether oxygens (including phenoxy) is 2. The lowest BCUT2D eigenvalue weighted by Crippen LogP contribution is -2.19. The summed E-state index contributed by atoms with van der Waals surface area (Å²) in [5.41, 5.74) is 2.01. The van der Waals surface area contributed by atoms with Gasteiger partial charge in [0.05, 0.1) is 0 Å². The molecule has 1 atom stereocenters. The number of para-hydroxylation sites is 1. The molecule has 136 valence electrons. The van der Waals surface area contributed by atoms with E-state index in [0.29, 0.717) is 0 Å². The highest BCUT2D eigenvalue weighted by atomic mass is 35.5. The zero-order chi connectivity index (χ0) is 17.4. The Bertz CT molecular complexity index is 646. The molecule has 2 aromatic carbocycles. The zero-order valence-corrected chi connectivity index (χ0v) is 15.8. The molecule has 2 aromatic rings. The minimum absolute atomic E-state index is 0. The molecule has 0 aliphatic heterocycles. The molecule has 4 nitrogen and oxygen atoms in total. The largest absolute Gasteiger partial charge is 0.485 e. The molecule has 2 rings (SSSR count). The van der Waals surface area contributed by atoms with Gasteiger partial charge in [0, 0.05) is 25.5 Å². The summed E-state index contributed by atoms with van der Waals surface area (Å²) >= 11 is 0. The summed E-state index contributed by atoms with van der Waals surface area (Å²) < 4.78 is 11.4. The highest BCUT2D eigenvalue weighted by Crippen LogP contribution is 2.28. The molecule has 0 bridgehead atoms. The smallest absolute Gasteiger partial charge is 0.302 e. The first-order valence-corrected chi connectivity index (χ1v) is 8.14. The number of hydrogen-bond acceptors (Lipinski definition) is 4. The second-order valence-corrected chi connectivity index (χ2v) is 6.00. The predicted octanol–water partition coefficient (Wildman–Crippen LogP) is 4.24. The van der Waals surface area contributed by atoms with Crippen LogP contribution in [0.1, 0.15) is 30.6 Å². The van der Waals surface area contributed by atoms with Crippen molar-refractivity contribution in [2.75, 3.05) is 20.6 Å². The van der Waals surface area contributed by atoms with Crippen LogP contribution in [0.2, 0.25) is 0 Å². The zero-order valence-electron chi connectivity index (χ0n) is 15.0. The number of halogens is 1. The van der Waals surface area contributed by atoms with Crippen LogP contribution in [0.25, 0.3) is 0 Å². The van der Waals surface area contributed by atoms with Crippen molar-refractivity contribution in [3.63, 3.8) is 0 Å². The maximum atomic E-state index is 11.1. The molecule has 1 unspecified atom stereocenters. The third-order valence-electron chi connectivity index (χ3n) is 3.68. The minimum atomic E-state index is -0.294. The van der Waals surface area contributed by atoms with Crippen LogP contribution < -0.4 is 4.74 Å². The van der Waals surface area contributed by atoms with Crippen molar-refractivity contribution in [1.29, 1.82) is 0 Å². The van der Waals surface area contributed by atoms with Gasteiger partial charge in [-0.3, -0.25) is 4.79 Å². The van der Waals surface area contributed by atoms with Crippen molar-refractivity contribution < 1.29 is 14.3 Å². The predicted molar refractivity (Wildman–Crippen MR) is 102 cm³/mol. The van der Waals surface area contributed by atoms with Gasteiger partial charge in [-0.2, -0.15) is 0 Å². The standard InChI is InChI=1S/C20H25NO3.ClH/c1-16(22)23-15-18-11-7-8-12-19(18)24-20(13-14-21(2)3)17-9-5-4-6-10-17;/h4-12,20H,13-15H2,1-3H3;1H. The highest BCUT2D eigenvalue weighted by molar-refractivity contribution is 5.85. The van der Waals surface area contributed by atoms with Crippen molar-refractivity contribution >= 4 is 18.4 Å². The number of nitrogens with zero attached hydrogens (tertiary/aromatic N) is 1. The molecule has 5 heteroatoms. The van der Waals surface area contributed by atoms with Gasteiger partial charge in [-0.1, -0.05) is 48.5 Å². The summed E-state index contributed by atoms with van der Waals surface area (Å²) in [6.45, 7) is 2.56. The maximum Gasteiger partial charge on any atom is 0.302 e. The molecular formula is C20H26ClNO3. The van der Waals surface area contributed by atoms with E-state index < -0.39 is 0 Å². The summed E-state index contributed by atoms with van der Waals surface area (Å²) in [6.07, 6.45) is 0.825. The van der Waals surface area contributed by atoms with Crippen LogP contribution in [0.4, 0.5) is 0 Å². The van der Waals surface area contributed by atoms with Gasteiger partial charge in [0.2, 0.25) is 0 Å². The van der Waals surface area contributed by atoms with Crippen LogP contribution in [-0.2, 0) is 16.1 Å². The van der Waals surface area contributed by atoms with Crippen molar-refractivity contribution in [3.8, 4) is 5.75 Å². The maximum absolute atomic E-state index is 11.1. The van der Waals surface area contributed by atoms with Gasteiger partial charge in [-0.15, -0.1) is 12.4 Å². The molecule has 25 heavy (non-hydrogen) atoms. The quantitative estimate of drug-likeness (QED) is 0.657. The van der Waals surface area contributed by atoms with Gasteiger partial charge in [-0.05, 0) is 25.7 Å². The highest BCUT2D eigenvalue weighted by Gasteiger charge is 2.16. The first-order valence-electron chi connectivity index (χ1n) is 8.14. The van der Waals surface area contributed by atoms with Crippen LogP contribution >= 0.6 is 12.4 Å². The Hall–Kier alpha value is -2.04. The van der Waals surface area contributed by atoms with Gasteiger partial charge in [0.15, 0.2) is 0 Å². The molecule has 0 N–H and O–H groups in total. The molecule has 0 radical (unpaired) electrons. The van der Waals surface area contributed by atoms with Crippen LogP contribution in [-0.4, -0.2) is 31.5 Å². The summed E-state index contributed by atoms with van der Waals surface area (Å²) in [5.74, 6) is 0.461. The third-order valence-corrected chi connectivity index (χ3v) is 3.68. The summed E-state index contributed by atoms with van der Waals surface area (Å²) in [5, 5.41) is 0. The van der Waals surface area contributed by atoms with Gasteiger partial charge < -0.3 is 14.4 Å². The molecule has 0 aromatic heterocycles. The Morgan fingerprint density at radius 1 is 1.04 bits per heavy atom. The van der Waals surface area contributed by atoms with Crippen LogP contribution in [0.15, 0.2) is 54.6 Å². The summed E-state index contributed by atoms with van der Waals surface area (Å²) in [4.78, 5) is 13.2. The fourth-order valence-electron chi connectivity index (χ4n) is 2.41. The van der Waals surface area contributed by atoms with Crippen molar-refractivity contribution in [2.24, 2.45) is 0 Å². The average molecular weight is 364 g/mol. The lowest BCUT2D eigenvalue weighted by atomic mass is 10.1. The number of rotatable bonds is 8. The van der Waals surface area contributed by atoms with E-state index in [1.54, 1.807) is 0 Å². The van der Waals surface area contributed by atoms with Crippen molar-refractivity contribution in [3.05, 3.63) is 65.7 Å². The second-order valence-electron chi connectivity index (χ2n) is 6.00. The molecule has 0 spiro atoms. The van der Waals surface area contributed by atoms with E-state index in [0.717, 1.165) is 29.8 Å². The fourth-order valence-corrected chi connectivity index (χ4v) is 2.41. The van der Waals surface area contributed by atoms with Crippen molar-refractivity contribution in [1.82, 2.24) is 4.90 Å². The first-order chi connectivity index (χ1) is 11.6. The summed E-state index contributed by atoms with van der Waals surface area (Å²) in [6, 6.07) is 17.9. The monoisotopic (exact) mass is 363 g/mol. The third kappa shape index (κ3) is 7.16. The Labute approximate surface area is 156 Å². The number of hydrogen-bond donors (Lipinski definition) is 0. The Kier molecular flexibility index (Phi) is 9.03.